The maximum atomic E-state index is 13.0. The molecule has 1 nitrogen and oxygen atoms in total. The molecule has 0 aliphatic heterocycles. The van der Waals surface area contributed by atoms with Crippen LogP contribution in [0.5, 0.6) is 0 Å². The second-order valence-corrected chi connectivity index (χ2v) is 2.86. The Balaban J connectivity index is 3.27. The van der Waals surface area contributed by atoms with E-state index in [9.17, 15) is 8.78 Å². The Morgan fingerprint density at radius 2 is 2.08 bits per heavy atom. The van der Waals surface area contributed by atoms with Crippen molar-refractivity contribution in [2.75, 3.05) is 0 Å². The van der Waals surface area contributed by atoms with Gasteiger partial charge in [-0.1, -0.05) is 6.08 Å². The van der Waals surface area contributed by atoms with E-state index in [0.717, 1.165) is 6.07 Å². The molecule has 0 aromatic heterocycles. The minimum absolute atomic E-state index is 0.369. The molecule has 1 aromatic rings. The number of rotatable bonds is 2. The van der Waals surface area contributed by atoms with Gasteiger partial charge in [0.2, 0.25) is 0 Å². The van der Waals surface area contributed by atoms with Crippen molar-refractivity contribution in [1.82, 2.24) is 0 Å². The van der Waals surface area contributed by atoms with Gasteiger partial charge in [-0.3, -0.25) is 0 Å². The van der Waals surface area contributed by atoms with E-state index in [4.69, 9.17) is 5.73 Å². The summed E-state index contributed by atoms with van der Waals surface area (Å²) in [6.07, 6.45) is 1.45. The Hall–Kier alpha value is -1.22. The van der Waals surface area contributed by atoms with Crippen molar-refractivity contribution in [3.63, 3.8) is 0 Å². The Labute approximate surface area is 75.9 Å². The molecule has 0 heterocycles. The van der Waals surface area contributed by atoms with Crippen molar-refractivity contribution in [3.05, 3.63) is 47.5 Å². The normalized spacial score (nSPS) is 12.6. The molecule has 0 aliphatic rings. The predicted octanol–water partition coefficient (Wildman–Crippen LogP) is 2.46. The van der Waals surface area contributed by atoms with Gasteiger partial charge in [0.05, 0.1) is 0 Å². The van der Waals surface area contributed by atoms with Gasteiger partial charge in [-0.2, -0.15) is 0 Å². The van der Waals surface area contributed by atoms with Crippen molar-refractivity contribution in [3.8, 4) is 0 Å². The molecule has 3 heteroatoms. The van der Waals surface area contributed by atoms with Crippen LogP contribution in [0.15, 0.2) is 24.8 Å². The third-order valence-corrected chi connectivity index (χ3v) is 1.96. The summed E-state index contributed by atoms with van der Waals surface area (Å²) in [5.74, 6) is -1.19. The van der Waals surface area contributed by atoms with Crippen LogP contribution in [0.1, 0.15) is 17.2 Å². The van der Waals surface area contributed by atoms with Crippen LogP contribution in [-0.2, 0) is 0 Å². The van der Waals surface area contributed by atoms with E-state index in [1.165, 1.54) is 12.1 Å². The summed E-state index contributed by atoms with van der Waals surface area (Å²) in [6.45, 7) is 5.03. The highest BCUT2D eigenvalue weighted by molar-refractivity contribution is 5.32. The van der Waals surface area contributed by atoms with Crippen LogP contribution in [-0.4, -0.2) is 0 Å². The summed E-state index contributed by atoms with van der Waals surface area (Å²) in [5, 5.41) is 0. The van der Waals surface area contributed by atoms with E-state index < -0.39 is 17.7 Å². The lowest BCUT2D eigenvalue weighted by atomic mass is 10.0. The molecule has 0 spiro atoms. The molecule has 0 unspecified atom stereocenters. The van der Waals surface area contributed by atoms with Crippen LogP contribution in [0.25, 0.3) is 0 Å². The number of halogens is 2. The molecule has 70 valence electrons. The number of benzene rings is 1. The summed E-state index contributed by atoms with van der Waals surface area (Å²) < 4.78 is 25.8. The molecular formula is C10H11F2N. The number of hydrogen-bond donors (Lipinski definition) is 1. The predicted molar refractivity (Wildman–Crippen MR) is 48.2 cm³/mol. The van der Waals surface area contributed by atoms with Gasteiger partial charge >= 0.3 is 0 Å². The van der Waals surface area contributed by atoms with E-state index in [-0.39, 0.29) is 0 Å². The molecule has 0 bridgehead atoms. The fourth-order valence-corrected chi connectivity index (χ4v) is 1.14. The molecule has 1 rings (SSSR count). The molecule has 0 aliphatic carbocycles. The summed E-state index contributed by atoms with van der Waals surface area (Å²) in [4.78, 5) is 0. The topological polar surface area (TPSA) is 26.0 Å². The average Bonchev–Trinajstić information content (AvgIpc) is 2.10. The zero-order valence-electron chi connectivity index (χ0n) is 7.35. The highest BCUT2D eigenvalue weighted by Gasteiger charge is 2.10. The van der Waals surface area contributed by atoms with Crippen molar-refractivity contribution in [2.24, 2.45) is 5.73 Å². The SMILES string of the molecule is C=C[C@@H](N)c1cc(F)cc(F)c1C. The Bertz CT molecular complexity index is 334. The van der Waals surface area contributed by atoms with E-state index in [0.29, 0.717) is 11.1 Å². The van der Waals surface area contributed by atoms with E-state index in [1.807, 2.05) is 0 Å². The minimum atomic E-state index is -0.615. The van der Waals surface area contributed by atoms with E-state index >= 15 is 0 Å². The smallest absolute Gasteiger partial charge is 0.129 e. The van der Waals surface area contributed by atoms with Crippen LogP contribution in [0.2, 0.25) is 0 Å². The number of hydrogen-bond acceptors (Lipinski definition) is 1. The Morgan fingerprint density at radius 3 is 2.62 bits per heavy atom. The molecule has 1 atom stereocenters. The van der Waals surface area contributed by atoms with Gasteiger partial charge in [-0.25, -0.2) is 8.78 Å². The average molecular weight is 183 g/mol. The van der Waals surface area contributed by atoms with Gasteiger partial charge < -0.3 is 5.73 Å². The maximum absolute atomic E-state index is 13.0. The Kier molecular flexibility index (Phi) is 2.78. The van der Waals surface area contributed by atoms with Crippen LogP contribution in [0.4, 0.5) is 8.78 Å². The molecule has 0 saturated carbocycles. The number of nitrogens with two attached hydrogens (primary N) is 1. The van der Waals surface area contributed by atoms with Gasteiger partial charge in [0, 0.05) is 12.1 Å². The molecule has 13 heavy (non-hydrogen) atoms. The van der Waals surface area contributed by atoms with Crippen LogP contribution in [0, 0.1) is 18.6 Å². The van der Waals surface area contributed by atoms with Crippen molar-refractivity contribution >= 4 is 0 Å². The monoisotopic (exact) mass is 183 g/mol. The first-order chi connectivity index (χ1) is 6.06. The van der Waals surface area contributed by atoms with Gasteiger partial charge in [0.25, 0.3) is 0 Å². The molecular weight excluding hydrogens is 172 g/mol. The third-order valence-electron chi connectivity index (χ3n) is 1.96. The first-order valence-corrected chi connectivity index (χ1v) is 3.90. The summed E-state index contributed by atoms with van der Waals surface area (Å²) in [6, 6.07) is 1.55. The lowest BCUT2D eigenvalue weighted by Gasteiger charge is -2.10. The fourth-order valence-electron chi connectivity index (χ4n) is 1.14. The van der Waals surface area contributed by atoms with Crippen molar-refractivity contribution in [1.29, 1.82) is 0 Å². The van der Waals surface area contributed by atoms with Gasteiger partial charge in [0.15, 0.2) is 0 Å². The van der Waals surface area contributed by atoms with Gasteiger partial charge in [-0.05, 0) is 24.1 Å². The molecule has 0 saturated heterocycles. The van der Waals surface area contributed by atoms with E-state index in [1.54, 1.807) is 6.92 Å². The lowest BCUT2D eigenvalue weighted by molar-refractivity contribution is 0.571. The first kappa shape index (κ1) is 9.86. The molecule has 0 radical (unpaired) electrons. The zero-order valence-corrected chi connectivity index (χ0v) is 7.35. The summed E-state index contributed by atoms with van der Waals surface area (Å²) >= 11 is 0. The van der Waals surface area contributed by atoms with Gasteiger partial charge in [-0.15, -0.1) is 6.58 Å². The second-order valence-electron chi connectivity index (χ2n) is 2.86. The highest BCUT2D eigenvalue weighted by Crippen LogP contribution is 2.20. The summed E-state index contributed by atoms with van der Waals surface area (Å²) in [5.41, 5.74) is 6.39. The molecule has 2 N–H and O–H groups in total. The Morgan fingerprint density at radius 1 is 1.46 bits per heavy atom. The maximum Gasteiger partial charge on any atom is 0.129 e. The van der Waals surface area contributed by atoms with Gasteiger partial charge in [0.1, 0.15) is 11.6 Å². The van der Waals surface area contributed by atoms with Crippen LogP contribution < -0.4 is 5.73 Å². The second kappa shape index (κ2) is 3.66. The largest absolute Gasteiger partial charge is 0.321 e. The quantitative estimate of drug-likeness (QED) is 0.700. The molecule has 1 aromatic carbocycles. The molecule has 0 fully saturated rings. The van der Waals surface area contributed by atoms with Crippen molar-refractivity contribution in [2.45, 2.75) is 13.0 Å². The minimum Gasteiger partial charge on any atom is -0.321 e. The van der Waals surface area contributed by atoms with Crippen LogP contribution in [0.3, 0.4) is 0 Å². The molecule has 0 amide bonds. The summed E-state index contributed by atoms with van der Waals surface area (Å²) in [7, 11) is 0. The van der Waals surface area contributed by atoms with E-state index in [2.05, 4.69) is 6.58 Å². The highest BCUT2D eigenvalue weighted by atomic mass is 19.1. The standard InChI is InChI=1S/C10H11F2N/c1-3-10(13)8-4-7(11)5-9(12)6(8)2/h3-5,10H,1,13H2,2H3/t10-/m1/s1. The zero-order chi connectivity index (χ0) is 10.0. The lowest BCUT2D eigenvalue weighted by Crippen LogP contribution is -2.09. The third kappa shape index (κ3) is 1.92. The first-order valence-electron chi connectivity index (χ1n) is 3.90. The van der Waals surface area contributed by atoms with Crippen molar-refractivity contribution < 1.29 is 8.78 Å². The fraction of sp³-hybridized carbons (Fsp3) is 0.200. The van der Waals surface area contributed by atoms with Crippen LogP contribution >= 0.6 is 0 Å².